The minimum Gasteiger partial charge on any atom is -0.352 e. The van der Waals surface area contributed by atoms with Crippen LogP contribution in [-0.2, 0) is 4.79 Å². The molecule has 6 heteroatoms. The Morgan fingerprint density at radius 1 is 1.45 bits per heavy atom. The molecule has 0 unspecified atom stereocenters. The van der Waals surface area contributed by atoms with E-state index in [1.165, 1.54) is 5.56 Å². The molecule has 0 fully saturated rings. The highest BCUT2D eigenvalue weighted by molar-refractivity contribution is 7.07. The molecule has 22 heavy (non-hydrogen) atoms. The van der Waals surface area contributed by atoms with Gasteiger partial charge in [-0.1, -0.05) is 13.8 Å². The van der Waals surface area contributed by atoms with Crippen LogP contribution in [0.2, 0.25) is 0 Å². The van der Waals surface area contributed by atoms with Gasteiger partial charge in [0.1, 0.15) is 6.04 Å². The van der Waals surface area contributed by atoms with Gasteiger partial charge in [0.15, 0.2) is 0 Å². The first-order valence-electron chi connectivity index (χ1n) is 7.68. The summed E-state index contributed by atoms with van der Waals surface area (Å²) in [7, 11) is 0. The van der Waals surface area contributed by atoms with Gasteiger partial charge in [0.25, 0.3) is 0 Å². The fourth-order valence-electron chi connectivity index (χ4n) is 2.57. The number of likely N-dealkylation sites (N-methyl/N-ethyl adjacent to an activating group) is 1. The number of aromatic nitrogens is 2. The molecule has 1 N–H and O–H groups in total. The summed E-state index contributed by atoms with van der Waals surface area (Å²) in [6, 6.07) is 2.11. The van der Waals surface area contributed by atoms with Crippen LogP contribution in [0.5, 0.6) is 0 Å². The van der Waals surface area contributed by atoms with Gasteiger partial charge in [-0.2, -0.15) is 11.3 Å². The van der Waals surface area contributed by atoms with Crippen molar-refractivity contribution in [2.75, 3.05) is 19.6 Å². The molecule has 120 valence electrons. The Balaban J connectivity index is 2.00. The minimum atomic E-state index is -0.248. The number of thiophene rings is 1. The van der Waals surface area contributed by atoms with E-state index in [9.17, 15) is 4.79 Å². The summed E-state index contributed by atoms with van der Waals surface area (Å²) in [5.41, 5.74) is 1.27. The molecule has 0 aliphatic rings. The van der Waals surface area contributed by atoms with Crippen molar-refractivity contribution in [1.29, 1.82) is 0 Å². The van der Waals surface area contributed by atoms with Gasteiger partial charge in [0.05, 0.1) is 12.4 Å². The molecule has 1 amide bonds. The van der Waals surface area contributed by atoms with Crippen LogP contribution in [0.1, 0.15) is 38.4 Å². The fraction of sp³-hybridized carbons (Fsp3) is 0.500. The molecular weight excluding hydrogens is 296 g/mol. The van der Waals surface area contributed by atoms with Crippen molar-refractivity contribution >= 4 is 17.2 Å². The molecule has 2 aromatic rings. The number of amides is 1. The van der Waals surface area contributed by atoms with Crippen molar-refractivity contribution in [2.24, 2.45) is 0 Å². The molecule has 0 saturated heterocycles. The first kappa shape index (κ1) is 16.7. The summed E-state index contributed by atoms with van der Waals surface area (Å²) >= 11 is 1.69. The summed E-state index contributed by atoms with van der Waals surface area (Å²) < 4.78 is 1.81. The fourth-order valence-corrected chi connectivity index (χ4v) is 3.27. The molecule has 2 aromatic heterocycles. The van der Waals surface area contributed by atoms with Crippen molar-refractivity contribution in [3.05, 3.63) is 41.1 Å². The van der Waals surface area contributed by atoms with E-state index < -0.39 is 0 Å². The minimum absolute atomic E-state index is 0.0189. The van der Waals surface area contributed by atoms with Gasteiger partial charge >= 0.3 is 0 Å². The maximum atomic E-state index is 12.3. The monoisotopic (exact) mass is 320 g/mol. The highest BCUT2D eigenvalue weighted by Gasteiger charge is 2.21. The van der Waals surface area contributed by atoms with E-state index in [-0.39, 0.29) is 18.0 Å². The highest BCUT2D eigenvalue weighted by atomic mass is 32.1. The van der Waals surface area contributed by atoms with E-state index >= 15 is 0 Å². The van der Waals surface area contributed by atoms with Crippen LogP contribution < -0.4 is 5.32 Å². The van der Waals surface area contributed by atoms with Crippen LogP contribution in [0.3, 0.4) is 0 Å². The largest absolute Gasteiger partial charge is 0.352 e. The van der Waals surface area contributed by atoms with E-state index in [0.29, 0.717) is 6.54 Å². The first-order chi connectivity index (χ1) is 10.7. The van der Waals surface area contributed by atoms with Crippen LogP contribution in [0.25, 0.3) is 0 Å². The number of nitrogens with one attached hydrogen (secondary N) is 1. The SMILES string of the molecule is CCN(CC)[C@H](CNC(=O)[C@H](C)n1ccnc1)c1ccsc1. The summed E-state index contributed by atoms with van der Waals surface area (Å²) in [6.07, 6.45) is 5.17. The van der Waals surface area contributed by atoms with Gasteiger partial charge < -0.3 is 9.88 Å². The van der Waals surface area contributed by atoms with Crippen molar-refractivity contribution in [3.63, 3.8) is 0 Å². The average molecular weight is 320 g/mol. The predicted octanol–water partition coefficient (Wildman–Crippen LogP) is 2.70. The Hall–Kier alpha value is -1.66. The Morgan fingerprint density at radius 3 is 2.77 bits per heavy atom. The molecule has 2 rings (SSSR count). The molecule has 5 nitrogen and oxygen atoms in total. The van der Waals surface area contributed by atoms with Gasteiger partial charge in [0.2, 0.25) is 5.91 Å². The van der Waals surface area contributed by atoms with Gasteiger partial charge in [-0.05, 0) is 42.4 Å². The molecule has 2 heterocycles. The van der Waals surface area contributed by atoms with E-state index in [1.54, 1.807) is 23.9 Å². The Kier molecular flexibility index (Phi) is 6.15. The van der Waals surface area contributed by atoms with Gasteiger partial charge in [0, 0.05) is 18.9 Å². The lowest BCUT2D eigenvalue weighted by Crippen LogP contribution is -2.40. The van der Waals surface area contributed by atoms with Gasteiger partial charge in [-0.3, -0.25) is 9.69 Å². The number of hydrogen-bond donors (Lipinski definition) is 1. The summed E-state index contributed by atoms with van der Waals surface area (Å²) in [5, 5.41) is 7.33. The van der Waals surface area contributed by atoms with E-state index in [1.807, 2.05) is 17.7 Å². The summed E-state index contributed by atoms with van der Waals surface area (Å²) in [5.74, 6) is 0.0189. The zero-order valence-corrected chi connectivity index (χ0v) is 14.2. The lowest BCUT2D eigenvalue weighted by Gasteiger charge is -2.30. The molecule has 2 atom stereocenters. The van der Waals surface area contributed by atoms with Crippen molar-refractivity contribution < 1.29 is 4.79 Å². The van der Waals surface area contributed by atoms with E-state index in [4.69, 9.17) is 0 Å². The Bertz CT molecular complexity index is 549. The number of carbonyl (C=O) groups excluding carboxylic acids is 1. The van der Waals surface area contributed by atoms with Crippen LogP contribution in [0, 0.1) is 0 Å². The van der Waals surface area contributed by atoms with Crippen molar-refractivity contribution in [1.82, 2.24) is 19.8 Å². The third-order valence-electron chi connectivity index (χ3n) is 4.00. The Morgan fingerprint density at radius 2 is 2.23 bits per heavy atom. The van der Waals surface area contributed by atoms with Crippen molar-refractivity contribution in [3.8, 4) is 0 Å². The van der Waals surface area contributed by atoms with Gasteiger partial charge in [-0.15, -0.1) is 0 Å². The summed E-state index contributed by atoms with van der Waals surface area (Å²) in [4.78, 5) is 18.7. The molecule has 0 spiro atoms. The second-order valence-electron chi connectivity index (χ2n) is 5.22. The van der Waals surface area contributed by atoms with Gasteiger partial charge in [-0.25, -0.2) is 4.98 Å². The zero-order valence-electron chi connectivity index (χ0n) is 13.4. The maximum absolute atomic E-state index is 12.3. The molecule has 0 aliphatic carbocycles. The van der Waals surface area contributed by atoms with Crippen LogP contribution in [0.15, 0.2) is 35.5 Å². The molecule has 0 saturated carbocycles. The third-order valence-corrected chi connectivity index (χ3v) is 4.70. The maximum Gasteiger partial charge on any atom is 0.242 e. The first-order valence-corrected chi connectivity index (χ1v) is 8.62. The topological polar surface area (TPSA) is 50.2 Å². The normalized spacial score (nSPS) is 14.0. The number of nitrogens with zero attached hydrogens (tertiary/aromatic N) is 3. The highest BCUT2D eigenvalue weighted by Crippen LogP contribution is 2.22. The van der Waals surface area contributed by atoms with E-state index in [0.717, 1.165) is 13.1 Å². The van der Waals surface area contributed by atoms with Crippen LogP contribution >= 0.6 is 11.3 Å². The van der Waals surface area contributed by atoms with Crippen LogP contribution in [-0.4, -0.2) is 40.0 Å². The molecule has 0 aromatic carbocycles. The van der Waals surface area contributed by atoms with Crippen molar-refractivity contribution in [2.45, 2.75) is 32.9 Å². The second-order valence-corrected chi connectivity index (χ2v) is 6.00. The number of carbonyl (C=O) groups is 1. The molecular formula is C16H24N4OS. The quantitative estimate of drug-likeness (QED) is 0.813. The molecule has 0 aliphatic heterocycles. The number of hydrogen-bond acceptors (Lipinski definition) is 4. The molecule has 0 bridgehead atoms. The Labute approximate surface area is 136 Å². The number of rotatable bonds is 8. The smallest absolute Gasteiger partial charge is 0.242 e. The number of imidazole rings is 1. The predicted molar refractivity (Wildman–Crippen MR) is 89.9 cm³/mol. The lowest BCUT2D eigenvalue weighted by atomic mass is 10.1. The zero-order chi connectivity index (χ0) is 15.9. The average Bonchev–Trinajstić information content (AvgIpc) is 3.23. The molecule has 0 radical (unpaired) electrons. The summed E-state index contributed by atoms with van der Waals surface area (Å²) in [6.45, 7) is 8.73. The van der Waals surface area contributed by atoms with E-state index in [2.05, 4.69) is 45.9 Å². The third kappa shape index (κ3) is 3.96. The second kappa shape index (κ2) is 8.10. The van der Waals surface area contributed by atoms with Crippen LogP contribution in [0.4, 0.5) is 0 Å². The lowest BCUT2D eigenvalue weighted by molar-refractivity contribution is -0.124. The standard InChI is InChI=1S/C16H24N4OS/c1-4-19(5-2)15(14-6-9-22-11-14)10-18-16(21)13(3)20-8-7-17-12-20/h6-9,11-13,15H,4-5,10H2,1-3H3,(H,18,21)/t13-,15+/m0/s1.